The maximum Gasteiger partial charge on any atom is 0.286 e. The first kappa shape index (κ1) is 18.8. The summed E-state index contributed by atoms with van der Waals surface area (Å²) in [5.41, 5.74) is 5.61. The number of hydrogen-bond donors (Lipinski definition) is 3. The van der Waals surface area contributed by atoms with Gasteiger partial charge >= 0.3 is 0 Å². The van der Waals surface area contributed by atoms with Crippen LogP contribution in [0.4, 0.5) is 4.39 Å². The molecule has 0 bridgehead atoms. The Morgan fingerprint density at radius 2 is 1.89 bits per heavy atom. The summed E-state index contributed by atoms with van der Waals surface area (Å²) in [6.07, 6.45) is 1.86. The summed E-state index contributed by atoms with van der Waals surface area (Å²) >= 11 is 3.21. The second-order valence-corrected chi connectivity index (χ2v) is 6.68. The predicted octanol–water partition coefficient (Wildman–Crippen LogP) is 1.86. The van der Waals surface area contributed by atoms with Gasteiger partial charge in [-0.3, -0.25) is 25.2 Å². The van der Waals surface area contributed by atoms with Crippen molar-refractivity contribution < 1.29 is 18.8 Å². The summed E-state index contributed by atoms with van der Waals surface area (Å²) < 4.78 is 13.7. The summed E-state index contributed by atoms with van der Waals surface area (Å²) in [6.45, 7) is 0.124. The molecule has 3 N–H and O–H groups in total. The molecule has 10 heteroatoms. The summed E-state index contributed by atoms with van der Waals surface area (Å²) in [4.78, 5) is 38.9. The third-order valence-corrected chi connectivity index (χ3v) is 4.25. The van der Waals surface area contributed by atoms with Crippen molar-refractivity contribution in [3.05, 3.63) is 58.1 Å². The Balaban J connectivity index is 1.62. The van der Waals surface area contributed by atoms with Gasteiger partial charge in [-0.2, -0.15) is 5.10 Å². The van der Waals surface area contributed by atoms with Crippen molar-refractivity contribution in [3.63, 3.8) is 0 Å². The summed E-state index contributed by atoms with van der Waals surface area (Å²) in [6, 6.07) is 7.22. The molecule has 3 rings (SSSR count). The number of hydrazine groups is 1. The highest BCUT2D eigenvalue weighted by molar-refractivity contribution is 9.10. The number of H-pyrrole nitrogens is 1. The molecule has 1 aromatic carbocycles. The zero-order chi connectivity index (χ0) is 19.4. The van der Waals surface area contributed by atoms with E-state index in [-0.39, 0.29) is 42.5 Å². The van der Waals surface area contributed by atoms with Gasteiger partial charge in [0.05, 0.1) is 6.54 Å². The normalized spacial score (nSPS) is 13.9. The lowest BCUT2D eigenvalue weighted by Gasteiger charge is -2.23. The first-order chi connectivity index (χ1) is 12.9. The zero-order valence-corrected chi connectivity index (χ0v) is 15.5. The van der Waals surface area contributed by atoms with Gasteiger partial charge in [0.2, 0.25) is 5.91 Å². The van der Waals surface area contributed by atoms with Gasteiger partial charge < -0.3 is 4.98 Å². The molecular weight excluding hydrogens is 421 g/mol. The van der Waals surface area contributed by atoms with E-state index < -0.39 is 11.8 Å². The van der Waals surface area contributed by atoms with Crippen LogP contribution < -0.4 is 10.9 Å². The zero-order valence-electron chi connectivity index (χ0n) is 14.0. The smallest absolute Gasteiger partial charge is 0.286 e. The van der Waals surface area contributed by atoms with Crippen LogP contribution in [0.5, 0.6) is 0 Å². The Hall–Kier alpha value is -3.01. The first-order valence-electron chi connectivity index (χ1n) is 7.99. The van der Waals surface area contributed by atoms with Crippen molar-refractivity contribution in [2.45, 2.75) is 19.4 Å². The number of rotatable bonds is 4. The van der Waals surface area contributed by atoms with E-state index in [1.165, 1.54) is 12.1 Å². The number of nitrogens with zero attached hydrogens (tertiary/aromatic N) is 2. The van der Waals surface area contributed by atoms with Crippen LogP contribution in [0.1, 0.15) is 28.9 Å². The topological polar surface area (TPSA) is 107 Å². The predicted molar refractivity (Wildman–Crippen MR) is 97.7 cm³/mol. The highest BCUT2D eigenvalue weighted by atomic mass is 79.9. The molecule has 27 heavy (non-hydrogen) atoms. The first-order valence-corrected chi connectivity index (χ1v) is 8.78. The van der Waals surface area contributed by atoms with Crippen LogP contribution in [0.3, 0.4) is 0 Å². The molecular formula is C17H15BrFN5O3. The lowest BCUT2D eigenvalue weighted by molar-refractivity contribution is -0.132. The van der Waals surface area contributed by atoms with Crippen molar-refractivity contribution in [1.82, 2.24) is 20.8 Å². The molecule has 140 valence electrons. The van der Waals surface area contributed by atoms with Crippen molar-refractivity contribution in [2.75, 3.05) is 0 Å². The second kappa shape index (κ2) is 8.12. The maximum atomic E-state index is 13.0. The van der Waals surface area contributed by atoms with Gasteiger partial charge in [0, 0.05) is 23.5 Å². The monoisotopic (exact) mass is 435 g/mol. The van der Waals surface area contributed by atoms with E-state index in [0.29, 0.717) is 10.0 Å². The highest BCUT2D eigenvalue weighted by Gasteiger charge is 2.25. The van der Waals surface area contributed by atoms with Crippen LogP contribution in [0, 0.1) is 5.82 Å². The molecule has 8 nitrogen and oxygen atoms in total. The fourth-order valence-electron chi connectivity index (χ4n) is 2.40. The minimum absolute atomic E-state index is 0.115. The Labute approximate surface area is 161 Å². The molecule has 0 unspecified atom stereocenters. The molecule has 1 aromatic heterocycles. The minimum Gasteiger partial charge on any atom is -0.356 e. The molecule has 1 aliphatic rings. The molecule has 2 aromatic rings. The molecule has 0 saturated heterocycles. The Kier molecular flexibility index (Phi) is 5.65. The number of aromatic amines is 1. The number of aromatic nitrogens is 1. The van der Waals surface area contributed by atoms with Gasteiger partial charge in [0.25, 0.3) is 11.8 Å². The fraction of sp³-hybridized carbons (Fsp3) is 0.176. The van der Waals surface area contributed by atoms with Gasteiger partial charge in [-0.25, -0.2) is 9.40 Å². The van der Waals surface area contributed by atoms with Crippen molar-refractivity contribution in [1.29, 1.82) is 0 Å². The van der Waals surface area contributed by atoms with Crippen LogP contribution >= 0.6 is 15.9 Å². The summed E-state index contributed by atoms with van der Waals surface area (Å²) in [5, 5.41) is 5.23. The Morgan fingerprint density at radius 3 is 2.56 bits per heavy atom. The number of carbonyl (C=O) groups is 3. The summed E-state index contributed by atoms with van der Waals surface area (Å²) in [5.74, 6) is -1.75. The number of halogens is 2. The number of benzene rings is 1. The quantitative estimate of drug-likeness (QED) is 0.637. The van der Waals surface area contributed by atoms with Crippen LogP contribution in [0.15, 0.2) is 46.1 Å². The third-order valence-electron chi connectivity index (χ3n) is 3.79. The average molecular weight is 436 g/mol. The molecule has 0 aliphatic carbocycles. The number of nitrogens with one attached hydrogen (secondary N) is 3. The molecule has 0 radical (unpaired) electrons. The van der Waals surface area contributed by atoms with Crippen molar-refractivity contribution >= 4 is 39.4 Å². The van der Waals surface area contributed by atoms with Crippen molar-refractivity contribution in [3.8, 4) is 0 Å². The molecule has 2 heterocycles. The lowest BCUT2D eigenvalue weighted by Crippen LogP contribution is -2.47. The van der Waals surface area contributed by atoms with Gasteiger partial charge in [-0.05, 0) is 39.7 Å². The van der Waals surface area contributed by atoms with Crippen LogP contribution in [0.25, 0.3) is 0 Å². The number of carbonyl (C=O) groups excluding carboxylic acids is 3. The van der Waals surface area contributed by atoms with Crippen molar-refractivity contribution in [2.24, 2.45) is 5.10 Å². The number of hydrogen-bond acceptors (Lipinski definition) is 4. The fourth-order valence-corrected chi connectivity index (χ4v) is 2.75. The van der Waals surface area contributed by atoms with Gasteiger partial charge in [0.15, 0.2) is 0 Å². The van der Waals surface area contributed by atoms with E-state index in [2.05, 4.69) is 36.9 Å². The van der Waals surface area contributed by atoms with Gasteiger partial charge in [-0.1, -0.05) is 12.1 Å². The molecule has 0 spiro atoms. The van der Waals surface area contributed by atoms with Crippen LogP contribution in [0.2, 0.25) is 0 Å². The molecule has 1 aliphatic heterocycles. The number of hydrazone groups is 1. The standard InChI is InChI=1S/C17H15BrFN5O3/c18-11-7-14(20-8-11)17(27)22-21-16(26)13-5-6-15(25)24(23-13)9-10-1-3-12(19)4-2-10/h1-4,7-8,20H,5-6,9H2,(H,21,26)(H,22,27). The summed E-state index contributed by atoms with van der Waals surface area (Å²) in [7, 11) is 0. The number of amides is 3. The van der Waals surface area contributed by atoms with Crippen LogP contribution in [-0.4, -0.2) is 33.4 Å². The van der Waals surface area contributed by atoms with E-state index in [1.54, 1.807) is 24.4 Å². The molecule has 0 saturated carbocycles. The second-order valence-electron chi connectivity index (χ2n) is 5.76. The van der Waals surface area contributed by atoms with E-state index in [1.807, 2.05) is 0 Å². The Morgan fingerprint density at radius 1 is 1.19 bits per heavy atom. The largest absolute Gasteiger partial charge is 0.356 e. The van der Waals surface area contributed by atoms with Crippen LogP contribution in [-0.2, 0) is 16.1 Å². The molecule has 0 fully saturated rings. The van der Waals surface area contributed by atoms with E-state index in [9.17, 15) is 18.8 Å². The third kappa shape index (κ3) is 4.79. The van der Waals surface area contributed by atoms with Gasteiger partial charge in [-0.15, -0.1) is 0 Å². The average Bonchev–Trinajstić information content (AvgIpc) is 3.09. The van der Waals surface area contributed by atoms with Gasteiger partial charge in [0.1, 0.15) is 17.2 Å². The molecule has 3 amide bonds. The molecule has 0 atom stereocenters. The lowest BCUT2D eigenvalue weighted by atomic mass is 10.1. The minimum atomic E-state index is -0.606. The SMILES string of the molecule is O=C(NNC(=O)c1cc(Br)c[nH]1)C1=NN(Cc2ccc(F)cc2)C(=O)CC1. The van der Waals surface area contributed by atoms with E-state index >= 15 is 0 Å². The Bertz CT molecular complexity index is 910. The maximum absolute atomic E-state index is 13.0. The van der Waals surface area contributed by atoms with E-state index in [0.717, 1.165) is 5.01 Å². The van der Waals surface area contributed by atoms with E-state index in [4.69, 9.17) is 0 Å². The highest BCUT2D eigenvalue weighted by Crippen LogP contribution is 2.14.